The standard InChI is InChI=1S/C13H22N4O/c1-16(8-10-7-15-17(2)9-10)13(18)12-5-3-4-11(12)6-14/h7,9,11-12H,3-6,8,14H2,1-2H3/t11-,12-/m1/s1. The van der Waals surface area contributed by atoms with Gasteiger partial charge in [0.2, 0.25) is 5.91 Å². The normalized spacial score (nSPS) is 23.3. The zero-order chi connectivity index (χ0) is 13.1. The van der Waals surface area contributed by atoms with Gasteiger partial charge in [0.15, 0.2) is 0 Å². The first-order valence-corrected chi connectivity index (χ1v) is 6.54. The first-order chi connectivity index (χ1) is 8.61. The fourth-order valence-electron chi connectivity index (χ4n) is 2.83. The summed E-state index contributed by atoms with van der Waals surface area (Å²) in [5.74, 6) is 0.720. The van der Waals surface area contributed by atoms with E-state index in [0.29, 0.717) is 19.0 Å². The van der Waals surface area contributed by atoms with E-state index in [4.69, 9.17) is 5.73 Å². The summed E-state index contributed by atoms with van der Waals surface area (Å²) in [7, 11) is 3.74. The van der Waals surface area contributed by atoms with Crippen LogP contribution in [0.5, 0.6) is 0 Å². The van der Waals surface area contributed by atoms with Crippen LogP contribution >= 0.6 is 0 Å². The zero-order valence-corrected chi connectivity index (χ0v) is 11.2. The molecular weight excluding hydrogens is 228 g/mol. The number of aryl methyl sites for hydroxylation is 1. The van der Waals surface area contributed by atoms with Gasteiger partial charge in [-0.1, -0.05) is 6.42 Å². The van der Waals surface area contributed by atoms with E-state index in [1.54, 1.807) is 15.8 Å². The number of nitrogens with two attached hydrogens (primary N) is 1. The Morgan fingerprint density at radius 3 is 3.00 bits per heavy atom. The van der Waals surface area contributed by atoms with Gasteiger partial charge in [0.05, 0.1) is 6.20 Å². The van der Waals surface area contributed by atoms with Crippen LogP contribution < -0.4 is 5.73 Å². The number of aromatic nitrogens is 2. The van der Waals surface area contributed by atoms with Gasteiger partial charge in [-0.05, 0) is 25.3 Å². The summed E-state index contributed by atoms with van der Waals surface area (Å²) < 4.78 is 1.76. The van der Waals surface area contributed by atoms with E-state index < -0.39 is 0 Å². The quantitative estimate of drug-likeness (QED) is 0.857. The largest absolute Gasteiger partial charge is 0.341 e. The van der Waals surface area contributed by atoms with E-state index in [1.807, 2.05) is 20.3 Å². The van der Waals surface area contributed by atoms with E-state index in [-0.39, 0.29) is 11.8 Å². The van der Waals surface area contributed by atoms with E-state index in [2.05, 4.69) is 5.10 Å². The van der Waals surface area contributed by atoms with Crippen molar-refractivity contribution in [2.24, 2.45) is 24.6 Å². The minimum atomic E-state index is 0.122. The van der Waals surface area contributed by atoms with Gasteiger partial charge in [0.1, 0.15) is 0 Å². The van der Waals surface area contributed by atoms with Gasteiger partial charge in [0, 0.05) is 38.3 Å². The van der Waals surface area contributed by atoms with E-state index >= 15 is 0 Å². The van der Waals surface area contributed by atoms with Crippen LogP contribution in [-0.4, -0.2) is 34.2 Å². The first-order valence-electron chi connectivity index (χ1n) is 6.54. The Morgan fingerprint density at radius 2 is 2.39 bits per heavy atom. The molecule has 1 aromatic heterocycles. The average Bonchev–Trinajstić information content (AvgIpc) is 2.96. The molecule has 5 nitrogen and oxygen atoms in total. The van der Waals surface area contributed by atoms with Crippen molar-refractivity contribution < 1.29 is 4.79 Å². The molecule has 0 aromatic carbocycles. The number of hydrogen-bond acceptors (Lipinski definition) is 3. The van der Waals surface area contributed by atoms with E-state index in [0.717, 1.165) is 24.8 Å². The fourth-order valence-corrected chi connectivity index (χ4v) is 2.83. The van der Waals surface area contributed by atoms with Gasteiger partial charge in [0.25, 0.3) is 0 Å². The maximum Gasteiger partial charge on any atom is 0.226 e. The predicted molar refractivity (Wildman–Crippen MR) is 69.6 cm³/mol. The maximum absolute atomic E-state index is 12.4. The molecule has 0 unspecified atom stereocenters. The van der Waals surface area contributed by atoms with Crippen LogP contribution in [0, 0.1) is 11.8 Å². The van der Waals surface area contributed by atoms with Gasteiger partial charge >= 0.3 is 0 Å². The van der Waals surface area contributed by atoms with Crippen LogP contribution in [0.2, 0.25) is 0 Å². The number of hydrogen-bond donors (Lipinski definition) is 1. The summed E-state index contributed by atoms with van der Waals surface area (Å²) in [5.41, 5.74) is 6.80. The summed E-state index contributed by atoms with van der Waals surface area (Å²) in [4.78, 5) is 14.2. The molecule has 0 spiro atoms. The van der Waals surface area contributed by atoms with Gasteiger partial charge in [-0.15, -0.1) is 0 Å². The molecule has 18 heavy (non-hydrogen) atoms. The minimum Gasteiger partial charge on any atom is -0.341 e. The Labute approximate surface area is 108 Å². The van der Waals surface area contributed by atoms with Gasteiger partial charge in [-0.25, -0.2) is 0 Å². The lowest BCUT2D eigenvalue weighted by Gasteiger charge is -2.24. The Bertz CT molecular complexity index is 415. The topological polar surface area (TPSA) is 64.2 Å². The lowest BCUT2D eigenvalue weighted by molar-refractivity contribution is -0.135. The molecule has 1 heterocycles. The van der Waals surface area contributed by atoms with Gasteiger partial charge in [-0.2, -0.15) is 5.10 Å². The molecule has 1 aliphatic carbocycles. The van der Waals surface area contributed by atoms with Crippen LogP contribution in [-0.2, 0) is 18.4 Å². The fraction of sp³-hybridized carbons (Fsp3) is 0.692. The molecule has 2 rings (SSSR count). The molecule has 1 saturated carbocycles. The third-order valence-electron chi connectivity index (χ3n) is 3.83. The van der Waals surface area contributed by atoms with Crippen molar-refractivity contribution in [3.63, 3.8) is 0 Å². The molecule has 1 amide bonds. The minimum absolute atomic E-state index is 0.122. The molecule has 0 saturated heterocycles. The highest BCUT2D eigenvalue weighted by atomic mass is 16.2. The van der Waals surface area contributed by atoms with Gasteiger partial charge < -0.3 is 10.6 Å². The Balaban J connectivity index is 1.96. The van der Waals surface area contributed by atoms with Crippen molar-refractivity contribution in [1.82, 2.24) is 14.7 Å². The second-order valence-electron chi connectivity index (χ2n) is 5.25. The summed E-state index contributed by atoms with van der Waals surface area (Å²) in [6, 6.07) is 0. The van der Waals surface area contributed by atoms with Crippen molar-refractivity contribution in [3.8, 4) is 0 Å². The average molecular weight is 250 g/mol. The van der Waals surface area contributed by atoms with Crippen LogP contribution in [0.3, 0.4) is 0 Å². The van der Waals surface area contributed by atoms with Crippen LogP contribution in [0.1, 0.15) is 24.8 Å². The van der Waals surface area contributed by atoms with Crippen LogP contribution in [0.4, 0.5) is 0 Å². The molecule has 0 radical (unpaired) electrons. The van der Waals surface area contributed by atoms with Gasteiger partial charge in [-0.3, -0.25) is 9.48 Å². The smallest absolute Gasteiger partial charge is 0.226 e. The predicted octanol–water partition coefficient (Wildman–Crippen LogP) is 0.754. The Hall–Kier alpha value is -1.36. The van der Waals surface area contributed by atoms with Crippen LogP contribution in [0.15, 0.2) is 12.4 Å². The third-order valence-corrected chi connectivity index (χ3v) is 3.83. The number of nitrogens with zero attached hydrogens (tertiary/aromatic N) is 3. The van der Waals surface area contributed by atoms with Crippen LogP contribution in [0.25, 0.3) is 0 Å². The molecule has 100 valence electrons. The highest BCUT2D eigenvalue weighted by Gasteiger charge is 2.33. The maximum atomic E-state index is 12.4. The Kier molecular flexibility index (Phi) is 4.01. The Morgan fingerprint density at radius 1 is 1.61 bits per heavy atom. The number of carbonyl (C=O) groups excluding carboxylic acids is 1. The molecule has 2 atom stereocenters. The molecule has 0 aliphatic heterocycles. The van der Waals surface area contributed by atoms with Crippen molar-refractivity contribution in [1.29, 1.82) is 0 Å². The van der Waals surface area contributed by atoms with Crippen molar-refractivity contribution >= 4 is 5.91 Å². The van der Waals surface area contributed by atoms with Crippen molar-refractivity contribution in [2.45, 2.75) is 25.8 Å². The summed E-state index contributed by atoms with van der Waals surface area (Å²) in [5, 5.41) is 4.12. The van der Waals surface area contributed by atoms with Crippen molar-refractivity contribution in [3.05, 3.63) is 18.0 Å². The molecule has 5 heteroatoms. The number of rotatable bonds is 4. The third kappa shape index (κ3) is 2.72. The van der Waals surface area contributed by atoms with E-state index in [9.17, 15) is 4.79 Å². The summed E-state index contributed by atoms with van der Waals surface area (Å²) in [6.45, 7) is 1.25. The molecule has 1 fully saturated rings. The summed E-state index contributed by atoms with van der Waals surface area (Å²) in [6.07, 6.45) is 6.95. The highest BCUT2D eigenvalue weighted by Crippen LogP contribution is 2.32. The molecule has 1 aromatic rings. The lowest BCUT2D eigenvalue weighted by atomic mass is 9.95. The SMILES string of the molecule is CN(Cc1cnn(C)c1)C(=O)[C@@H]1CCC[C@@H]1CN. The zero-order valence-electron chi connectivity index (χ0n) is 11.2. The summed E-state index contributed by atoms with van der Waals surface area (Å²) >= 11 is 0. The molecule has 2 N–H and O–H groups in total. The molecular formula is C13H22N4O. The van der Waals surface area contributed by atoms with Crippen molar-refractivity contribution in [2.75, 3.05) is 13.6 Å². The second kappa shape index (κ2) is 5.52. The highest BCUT2D eigenvalue weighted by molar-refractivity contribution is 5.79. The van der Waals surface area contributed by atoms with E-state index in [1.165, 1.54) is 0 Å². The molecule has 0 bridgehead atoms. The lowest BCUT2D eigenvalue weighted by Crippen LogP contribution is -2.36. The number of carbonyl (C=O) groups is 1. The molecule has 1 aliphatic rings. The number of amides is 1. The second-order valence-corrected chi connectivity index (χ2v) is 5.25. The monoisotopic (exact) mass is 250 g/mol. The first kappa shape index (κ1) is 13.1.